The maximum absolute atomic E-state index is 11.9. The Kier molecular flexibility index (Phi) is 3.03. The second kappa shape index (κ2) is 4.28. The topological polar surface area (TPSA) is 55.6 Å². The zero-order valence-electron chi connectivity index (χ0n) is 8.45. The molecule has 0 spiro atoms. The summed E-state index contributed by atoms with van der Waals surface area (Å²) in [5, 5.41) is 0. The first kappa shape index (κ1) is 9.93. The summed E-state index contributed by atoms with van der Waals surface area (Å²) in [6.07, 6.45) is 3.95. The lowest BCUT2D eigenvalue weighted by Crippen LogP contribution is -2.37. The van der Waals surface area contributed by atoms with Crippen LogP contribution in [0.25, 0.3) is 0 Å². The summed E-state index contributed by atoms with van der Waals surface area (Å²) in [5.74, 6) is 0.179. The molecule has 0 aromatic carbocycles. The highest BCUT2D eigenvalue weighted by Gasteiger charge is 2.33. The molecule has 2 N–H and O–H groups in total. The van der Waals surface area contributed by atoms with Crippen molar-refractivity contribution in [3.05, 3.63) is 0 Å². The van der Waals surface area contributed by atoms with Gasteiger partial charge in [0.05, 0.1) is 6.10 Å². The number of likely N-dealkylation sites (tertiary alicyclic amines) is 1. The lowest BCUT2D eigenvalue weighted by molar-refractivity contribution is -0.141. The molecule has 4 nitrogen and oxygen atoms in total. The standard InChI is InChI=1S/C10H18N2O2/c11-7-8-3-4-9(14-8)10(13)12-5-1-2-6-12/h8-9H,1-7,11H2. The predicted octanol–water partition coefficient (Wildman–Crippen LogP) is 0.115. The summed E-state index contributed by atoms with van der Waals surface area (Å²) in [4.78, 5) is 13.8. The van der Waals surface area contributed by atoms with Crippen LogP contribution in [0.5, 0.6) is 0 Å². The first-order chi connectivity index (χ1) is 6.81. The molecule has 2 heterocycles. The van der Waals surface area contributed by atoms with Crippen molar-refractivity contribution in [2.24, 2.45) is 5.73 Å². The van der Waals surface area contributed by atoms with Gasteiger partial charge < -0.3 is 15.4 Å². The maximum Gasteiger partial charge on any atom is 0.251 e. The average molecular weight is 198 g/mol. The van der Waals surface area contributed by atoms with Gasteiger partial charge in [0.2, 0.25) is 0 Å². The fourth-order valence-corrected chi connectivity index (χ4v) is 2.20. The van der Waals surface area contributed by atoms with Crippen molar-refractivity contribution in [2.75, 3.05) is 19.6 Å². The van der Waals surface area contributed by atoms with E-state index < -0.39 is 0 Å². The van der Waals surface area contributed by atoms with Gasteiger partial charge >= 0.3 is 0 Å². The van der Waals surface area contributed by atoms with E-state index in [9.17, 15) is 4.79 Å². The Morgan fingerprint density at radius 3 is 2.64 bits per heavy atom. The molecule has 2 atom stereocenters. The third-order valence-electron chi connectivity index (χ3n) is 3.06. The number of ether oxygens (including phenoxy) is 1. The minimum atomic E-state index is -0.207. The molecule has 0 saturated carbocycles. The van der Waals surface area contributed by atoms with Crippen LogP contribution in [0.1, 0.15) is 25.7 Å². The first-order valence-corrected chi connectivity index (χ1v) is 5.45. The number of rotatable bonds is 2. The average Bonchev–Trinajstić information content (AvgIpc) is 2.88. The van der Waals surface area contributed by atoms with Crippen molar-refractivity contribution in [1.82, 2.24) is 4.90 Å². The van der Waals surface area contributed by atoms with Gasteiger partial charge in [-0.05, 0) is 25.7 Å². The number of nitrogens with zero attached hydrogens (tertiary/aromatic N) is 1. The van der Waals surface area contributed by atoms with E-state index in [4.69, 9.17) is 10.5 Å². The number of amides is 1. The second-order valence-electron chi connectivity index (χ2n) is 4.09. The summed E-state index contributed by atoms with van der Waals surface area (Å²) in [7, 11) is 0. The highest BCUT2D eigenvalue weighted by atomic mass is 16.5. The molecule has 2 aliphatic heterocycles. The molecule has 1 amide bonds. The molecule has 80 valence electrons. The van der Waals surface area contributed by atoms with Gasteiger partial charge in [0.15, 0.2) is 0 Å². The third kappa shape index (κ3) is 1.91. The molecular formula is C10H18N2O2. The van der Waals surface area contributed by atoms with Gasteiger partial charge in [0.25, 0.3) is 5.91 Å². The number of hydrogen-bond acceptors (Lipinski definition) is 3. The van der Waals surface area contributed by atoms with Crippen LogP contribution in [0.15, 0.2) is 0 Å². The zero-order valence-corrected chi connectivity index (χ0v) is 8.45. The van der Waals surface area contributed by atoms with Crippen molar-refractivity contribution in [3.8, 4) is 0 Å². The van der Waals surface area contributed by atoms with Gasteiger partial charge in [0.1, 0.15) is 6.10 Å². The van der Waals surface area contributed by atoms with Gasteiger partial charge in [-0.15, -0.1) is 0 Å². The predicted molar refractivity (Wildman–Crippen MR) is 52.8 cm³/mol. The zero-order chi connectivity index (χ0) is 9.97. The largest absolute Gasteiger partial charge is 0.364 e. The van der Waals surface area contributed by atoms with E-state index in [-0.39, 0.29) is 18.1 Å². The lowest BCUT2D eigenvalue weighted by Gasteiger charge is -2.19. The van der Waals surface area contributed by atoms with Crippen LogP contribution in [0.3, 0.4) is 0 Å². The van der Waals surface area contributed by atoms with Crippen LogP contribution in [0.4, 0.5) is 0 Å². The van der Waals surface area contributed by atoms with E-state index >= 15 is 0 Å². The van der Waals surface area contributed by atoms with Gasteiger partial charge in [-0.2, -0.15) is 0 Å². The lowest BCUT2D eigenvalue weighted by atomic mass is 10.2. The first-order valence-electron chi connectivity index (χ1n) is 5.45. The van der Waals surface area contributed by atoms with Crippen molar-refractivity contribution >= 4 is 5.91 Å². The molecule has 4 heteroatoms. The minimum absolute atomic E-state index is 0.103. The van der Waals surface area contributed by atoms with Gasteiger partial charge in [0, 0.05) is 19.6 Å². The number of carbonyl (C=O) groups is 1. The minimum Gasteiger partial charge on any atom is -0.364 e. The van der Waals surface area contributed by atoms with E-state index in [0.717, 1.165) is 38.8 Å². The van der Waals surface area contributed by atoms with E-state index in [1.807, 2.05) is 4.90 Å². The van der Waals surface area contributed by atoms with Crippen LogP contribution in [-0.2, 0) is 9.53 Å². The van der Waals surface area contributed by atoms with Crippen molar-refractivity contribution in [1.29, 1.82) is 0 Å². The van der Waals surface area contributed by atoms with E-state index in [0.29, 0.717) is 6.54 Å². The fourth-order valence-electron chi connectivity index (χ4n) is 2.20. The molecule has 0 radical (unpaired) electrons. The Morgan fingerprint density at radius 1 is 1.36 bits per heavy atom. The van der Waals surface area contributed by atoms with Gasteiger partial charge in [-0.1, -0.05) is 0 Å². The number of hydrogen-bond donors (Lipinski definition) is 1. The number of nitrogens with two attached hydrogens (primary N) is 1. The normalized spacial score (nSPS) is 32.5. The number of carbonyl (C=O) groups excluding carboxylic acids is 1. The Morgan fingerprint density at radius 2 is 2.07 bits per heavy atom. The molecule has 14 heavy (non-hydrogen) atoms. The third-order valence-corrected chi connectivity index (χ3v) is 3.06. The van der Waals surface area contributed by atoms with Crippen LogP contribution < -0.4 is 5.73 Å². The fraction of sp³-hybridized carbons (Fsp3) is 0.900. The summed E-state index contributed by atoms with van der Waals surface area (Å²) < 4.78 is 5.57. The Hall–Kier alpha value is -0.610. The molecule has 0 aliphatic carbocycles. The molecule has 2 fully saturated rings. The summed E-state index contributed by atoms with van der Waals surface area (Å²) >= 11 is 0. The highest BCUT2D eigenvalue weighted by Crippen LogP contribution is 2.22. The summed E-state index contributed by atoms with van der Waals surface area (Å²) in [6, 6.07) is 0. The quantitative estimate of drug-likeness (QED) is 0.685. The van der Waals surface area contributed by atoms with Crippen LogP contribution in [0, 0.1) is 0 Å². The maximum atomic E-state index is 11.9. The van der Waals surface area contributed by atoms with Gasteiger partial charge in [-0.25, -0.2) is 0 Å². The molecule has 0 bridgehead atoms. The monoisotopic (exact) mass is 198 g/mol. The molecule has 0 aromatic heterocycles. The molecule has 0 aromatic rings. The Labute approximate surface area is 84.4 Å². The van der Waals surface area contributed by atoms with Gasteiger partial charge in [-0.3, -0.25) is 4.79 Å². The molecule has 2 saturated heterocycles. The van der Waals surface area contributed by atoms with Crippen LogP contribution >= 0.6 is 0 Å². The highest BCUT2D eigenvalue weighted by molar-refractivity contribution is 5.81. The van der Waals surface area contributed by atoms with Crippen molar-refractivity contribution < 1.29 is 9.53 Å². The summed E-state index contributed by atoms with van der Waals surface area (Å²) in [6.45, 7) is 2.35. The van der Waals surface area contributed by atoms with E-state index in [2.05, 4.69) is 0 Å². The molecule has 2 rings (SSSR count). The molecule has 2 aliphatic rings. The molecular weight excluding hydrogens is 180 g/mol. The van der Waals surface area contributed by atoms with Crippen molar-refractivity contribution in [3.63, 3.8) is 0 Å². The SMILES string of the molecule is NCC1CCC(C(=O)N2CCCC2)O1. The van der Waals surface area contributed by atoms with Crippen molar-refractivity contribution in [2.45, 2.75) is 37.9 Å². The second-order valence-corrected chi connectivity index (χ2v) is 4.09. The Balaban J connectivity index is 1.86. The Bertz CT molecular complexity index is 214. The summed E-state index contributed by atoms with van der Waals surface area (Å²) in [5.41, 5.74) is 5.50. The van der Waals surface area contributed by atoms with E-state index in [1.54, 1.807) is 0 Å². The molecule has 2 unspecified atom stereocenters. The van der Waals surface area contributed by atoms with E-state index in [1.165, 1.54) is 0 Å². The van der Waals surface area contributed by atoms with Crippen LogP contribution in [0.2, 0.25) is 0 Å². The van der Waals surface area contributed by atoms with Crippen LogP contribution in [-0.4, -0.2) is 42.6 Å². The smallest absolute Gasteiger partial charge is 0.251 e.